The Labute approximate surface area is 189 Å². The Hall–Kier alpha value is -2.93. The third kappa shape index (κ3) is 3.78. The summed E-state index contributed by atoms with van der Waals surface area (Å²) >= 11 is 3.46. The molecular weight excluding hydrogens is 462 g/mol. The van der Waals surface area contributed by atoms with Crippen molar-refractivity contribution in [1.82, 2.24) is 0 Å². The van der Waals surface area contributed by atoms with Gasteiger partial charge in [-0.1, -0.05) is 12.1 Å². The quantitative estimate of drug-likeness (QED) is 0.460. The lowest BCUT2D eigenvalue weighted by atomic mass is 9.97. The summed E-state index contributed by atoms with van der Waals surface area (Å²) < 4.78 is 22.7. The number of benzene rings is 3. The molecule has 1 amide bonds. The Bertz CT molecular complexity index is 1160. The maximum Gasteiger partial charge on any atom is 0.260 e. The first-order valence-electron chi connectivity index (χ1n) is 9.93. The van der Waals surface area contributed by atoms with Crippen LogP contribution in [0.2, 0.25) is 0 Å². The molecule has 0 heterocycles. The van der Waals surface area contributed by atoms with E-state index in [4.69, 9.17) is 18.9 Å². The monoisotopic (exact) mass is 485 g/mol. The lowest BCUT2D eigenvalue weighted by Gasteiger charge is -2.18. The van der Waals surface area contributed by atoms with E-state index in [9.17, 15) is 4.79 Å². The molecule has 1 saturated carbocycles. The molecule has 7 heteroatoms. The van der Waals surface area contributed by atoms with E-state index >= 15 is 0 Å². The highest BCUT2D eigenvalue weighted by atomic mass is 79.9. The van der Waals surface area contributed by atoms with Crippen LogP contribution in [0.25, 0.3) is 10.8 Å². The molecule has 4 rings (SSSR count). The lowest BCUT2D eigenvalue weighted by Crippen LogP contribution is -2.15. The first kappa shape index (κ1) is 21.3. The maximum atomic E-state index is 13.3. The summed E-state index contributed by atoms with van der Waals surface area (Å²) in [5.41, 5.74) is 2.18. The normalized spacial score (nSPS) is 13.1. The Balaban J connectivity index is 1.84. The van der Waals surface area contributed by atoms with E-state index in [1.165, 1.54) is 14.2 Å². The molecule has 0 aromatic heterocycles. The average molecular weight is 486 g/mol. The van der Waals surface area contributed by atoms with Gasteiger partial charge in [0.2, 0.25) is 0 Å². The molecule has 31 heavy (non-hydrogen) atoms. The highest BCUT2D eigenvalue weighted by molar-refractivity contribution is 9.10. The van der Waals surface area contributed by atoms with E-state index in [1.54, 1.807) is 26.4 Å². The standard InChI is InChI=1S/C24H24BrNO5/c1-28-18-11-10-16(25)21(22(18)30-3)24(27)26-17-7-5-6-14-15(17)12-19(29-2)23(31-4)20(14)13-8-9-13/h5-7,10-13H,8-9H2,1-4H3,(H,26,27). The molecule has 0 atom stereocenters. The largest absolute Gasteiger partial charge is 0.493 e. The second-order valence-corrected chi connectivity index (χ2v) is 8.17. The van der Waals surface area contributed by atoms with Gasteiger partial charge in [-0.05, 0) is 64.3 Å². The van der Waals surface area contributed by atoms with Gasteiger partial charge in [0, 0.05) is 21.1 Å². The van der Waals surface area contributed by atoms with Gasteiger partial charge in [-0.2, -0.15) is 0 Å². The van der Waals surface area contributed by atoms with E-state index in [2.05, 4.69) is 27.3 Å². The maximum absolute atomic E-state index is 13.3. The van der Waals surface area contributed by atoms with Crippen LogP contribution in [-0.4, -0.2) is 34.3 Å². The van der Waals surface area contributed by atoms with Crippen molar-refractivity contribution in [3.05, 3.63) is 52.0 Å². The molecule has 3 aromatic rings. The van der Waals surface area contributed by atoms with Crippen molar-refractivity contribution < 1.29 is 23.7 Å². The first-order valence-corrected chi connectivity index (χ1v) is 10.7. The summed E-state index contributed by atoms with van der Waals surface area (Å²) in [5, 5.41) is 4.99. The number of nitrogens with one attached hydrogen (secondary N) is 1. The van der Waals surface area contributed by atoms with Crippen LogP contribution in [0.4, 0.5) is 5.69 Å². The van der Waals surface area contributed by atoms with E-state index in [0.717, 1.165) is 34.9 Å². The number of hydrogen-bond donors (Lipinski definition) is 1. The average Bonchev–Trinajstić information content (AvgIpc) is 3.62. The lowest BCUT2D eigenvalue weighted by molar-refractivity contribution is 0.102. The van der Waals surface area contributed by atoms with Gasteiger partial charge in [0.25, 0.3) is 5.91 Å². The zero-order valence-corrected chi connectivity index (χ0v) is 19.5. The second kappa shape index (κ2) is 8.67. The van der Waals surface area contributed by atoms with Crippen molar-refractivity contribution in [2.45, 2.75) is 18.8 Å². The predicted molar refractivity (Wildman–Crippen MR) is 124 cm³/mol. The summed E-state index contributed by atoms with van der Waals surface area (Å²) in [6.45, 7) is 0. The van der Waals surface area contributed by atoms with E-state index in [-0.39, 0.29) is 5.91 Å². The molecule has 0 radical (unpaired) electrons. The van der Waals surface area contributed by atoms with Gasteiger partial charge in [0.1, 0.15) is 0 Å². The minimum atomic E-state index is -0.308. The minimum Gasteiger partial charge on any atom is -0.493 e. The fraction of sp³-hybridized carbons (Fsp3) is 0.292. The van der Waals surface area contributed by atoms with Gasteiger partial charge < -0.3 is 24.3 Å². The van der Waals surface area contributed by atoms with Crippen LogP contribution < -0.4 is 24.3 Å². The van der Waals surface area contributed by atoms with Crippen LogP contribution in [0.1, 0.15) is 34.7 Å². The van der Waals surface area contributed by atoms with Crippen LogP contribution in [0.5, 0.6) is 23.0 Å². The molecule has 0 aliphatic heterocycles. The molecule has 6 nitrogen and oxygen atoms in total. The van der Waals surface area contributed by atoms with Crippen LogP contribution in [0, 0.1) is 0 Å². The Morgan fingerprint density at radius 3 is 2.23 bits per heavy atom. The number of ether oxygens (including phenoxy) is 4. The number of rotatable bonds is 7. The van der Waals surface area contributed by atoms with E-state index in [1.807, 2.05) is 18.2 Å². The Morgan fingerprint density at radius 2 is 1.61 bits per heavy atom. The highest BCUT2D eigenvalue weighted by Crippen LogP contribution is 2.51. The van der Waals surface area contributed by atoms with Crippen molar-refractivity contribution in [3.63, 3.8) is 0 Å². The third-order valence-corrected chi connectivity index (χ3v) is 6.18. The van der Waals surface area contributed by atoms with E-state index < -0.39 is 0 Å². The van der Waals surface area contributed by atoms with Crippen LogP contribution >= 0.6 is 15.9 Å². The summed E-state index contributed by atoms with van der Waals surface area (Å²) in [6.07, 6.45) is 2.23. The summed E-state index contributed by atoms with van der Waals surface area (Å²) in [6, 6.07) is 11.3. The van der Waals surface area contributed by atoms with Gasteiger partial charge in [0.05, 0.1) is 34.0 Å². The SMILES string of the molecule is COc1ccc(Br)c(C(=O)Nc2cccc3c(C4CC4)c(OC)c(OC)cc23)c1OC. The molecule has 1 fully saturated rings. The first-order chi connectivity index (χ1) is 15.0. The molecular formula is C24H24BrNO5. The van der Waals surface area contributed by atoms with Gasteiger partial charge in [-0.25, -0.2) is 0 Å². The number of hydrogen-bond acceptors (Lipinski definition) is 5. The number of amides is 1. The summed E-state index contributed by atoms with van der Waals surface area (Å²) in [7, 11) is 6.34. The number of carbonyl (C=O) groups is 1. The van der Waals surface area contributed by atoms with Crippen molar-refractivity contribution in [2.75, 3.05) is 33.8 Å². The van der Waals surface area contributed by atoms with E-state index in [0.29, 0.717) is 38.9 Å². The van der Waals surface area contributed by atoms with Crippen molar-refractivity contribution in [2.24, 2.45) is 0 Å². The van der Waals surface area contributed by atoms with Crippen LogP contribution in [-0.2, 0) is 0 Å². The van der Waals surface area contributed by atoms with Gasteiger partial charge in [0.15, 0.2) is 23.0 Å². The predicted octanol–water partition coefficient (Wildman–Crippen LogP) is 5.77. The molecule has 1 aliphatic rings. The molecule has 0 unspecified atom stereocenters. The topological polar surface area (TPSA) is 66.0 Å². The number of anilines is 1. The Kier molecular flexibility index (Phi) is 5.96. The molecule has 1 aliphatic carbocycles. The zero-order chi connectivity index (χ0) is 22.1. The van der Waals surface area contributed by atoms with Gasteiger partial charge in [-0.15, -0.1) is 0 Å². The fourth-order valence-corrected chi connectivity index (χ4v) is 4.45. The van der Waals surface area contributed by atoms with Crippen LogP contribution in [0.15, 0.2) is 40.9 Å². The molecule has 162 valence electrons. The number of halogens is 1. The van der Waals surface area contributed by atoms with Crippen molar-refractivity contribution in [3.8, 4) is 23.0 Å². The second-order valence-electron chi connectivity index (χ2n) is 7.31. The molecule has 0 bridgehead atoms. The summed E-state index contributed by atoms with van der Waals surface area (Å²) in [5.74, 6) is 2.39. The minimum absolute atomic E-state index is 0.308. The number of carbonyl (C=O) groups excluding carboxylic acids is 1. The number of methoxy groups -OCH3 is 4. The van der Waals surface area contributed by atoms with Crippen molar-refractivity contribution in [1.29, 1.82) is 0 Å². The smallest absolute Gasteiger partial charge is 0.260 e. The zero-order valence-electron chi connectivity index (χ0n) is 17.9. The van der Waals surface area contributed by atoms with Gasteiger partial charge >= 0.3 is 0 Å². The van der Waals surface area contributed by atoms with Crippen LogP contribution in [0.3, 0.4) is 0 Å². The van der Waals surface area contributed by atoms with Crippen molar-refractivity contribution >= 4 is 38.3 Å². The third-order valence-electron chi connectivity index (χ3n) is 5.52. The fourth-order valence-electron chi connectivity index (χ4n) is 3.96. The summed E-state index contributed by atoms with van der Waals surface area (Å²) in [4.78, 5) is 13.3. The highest BCUT2D eigenvalue weighted by Gasteiger charge is 2.31. The molecule has 3 aromatic carbocycles. The van der Waals surface area contributed by atoms with Gasteiger partial charge in [-0.3, -0.25) is 4.79 Å². The molecule has 0 saturated heterocycles. The molecule has 0 spiro atoms. The number of fused-ring (bicyclic) bond motifs is 1. The Morgan fingerprint density at radius 1 is 0.903 bits per heavy atom. The molecule has 1 N–H and O–H groups in total.